The number of carbonyl (C=O) groups is 2. The Bertz CT molecular complexity index is 505. The van der Waals surface area contributed by atoms with E-state index in [0.717, 1.165) is 12.0 Å². The van der Waals surface area contributed by atoms with Crippen LogP contribution in [0, 0.1) is 0 Å². The number of hydrogen-bond acceptors (Lipinski definition) is 4. The van der Waals surface area contributed by atoms with E-state index in [1.165, 1.54) is 0 Å². The molecule has 0 saturated carbocycles. The van der Waals surface area contributed by atoms with E-state index in [0.29, 0.717) is 19.5 Å². The number of carbonyl (C=O) groups excluding carboxylic acids is 2. The van der Waals surface area contributed by atoms with Gasteiger partial charge in [-0.15, -0.1) is 0 Å². The number of pyridine rings is 1. The van der Waals surface area contributed by atoms with Crippen LogP contribution < -0.4 is 5.32 Å². The van der Waals surface area contributed by atoms with Crippen molar-refractivity contribution in [2.24, 2.45) is 0 Å². The lowest BCUT2D eigenvalue weighted by molar-refractivity contribution is -0.138. The third-order valence-corrected chi connectivity index (χ3v) is 3.54. The molecule has 22 heavy (non-hydrogen) atoms. The fraction of sp³-hybridized carbons (Fsp3) is 0.562. The normalized spacial score (nSPS) is 17.6. The molecular weight excluding hydrogens is 282 g/mol. The minimum atomic E-state index is -0.0633. The molecule has 1 fully saturated rings. The summed E-state index contributed by atoms with van der Waals surface area (Å²) in [7, 11) is 0. The molecule has 1 aliphatic rings. The molecule has 1 atom stereocenters. The molecule has 120 valence electrons. The molecule has 2 heterocycles. The quantitative estimate of drug-likeness (QED) is 0.819. The third kappa shape index (κ3) is 5.11. The minimum Gasteiger partial charge on any atom is -0.369 e. The van der Waals surface area contributed by atoms with Gasteiger partial charge in [0.2, 0.25) is 11.8 Å². The van der Waals surface area contributed by atoms with Gasteiger partial charge in [-0.05, 0) is 38.0 Å². The van der Waals surface area contributed by atoms with Crippen LogP contribution in [-0.2, 0) is 20.9 Å². The van der Waals surface area contributed by atoms with Crippen molar-refractivity contribution in [3.05, 3.63) is 30.1 Å². The van der Waals surface area contributed by atoms with Crippen LogP contribution >= 0.6 is 0 Å². The van der Waals surface area contributed by atoms with Gasteiger partial charge in [0, 0.05) is 37.9 Å². The van der Waals surface area contributed by atoms with E-state index in [1.54, 1.807) is 17.3 Å². The molecule has 2 rings (SSSR count). The largest absolute Gasteiger partial charge is 0.369 e. The Morgan fingerprint density at radius 1 is 1.45 bits per heavy atom. The van der Waals surface area contributed by atoms with E-state index in [4.69, 9.17) is 4.74 Å². The summed E-state index contributed by atoms with van der Waals surface area (Å²) in [5.41, 5.74) is 1.01. The number of ether oxygens (including phenoxy) is 1. The summed E-state index contributed by atoms with van der Waals surface area (Å²) in [4.78, 5) is 29.5. The number of amides is 2. The van der Waals surface area contributed by atoms with Crippen LogP contribution in [0.1, 0.15) is 32.3 Å². The average Bonchev–Trinajstić information content (AvgIpc) is 2.90. The summed E-state index contributed by atoms with van der Waals surface area (Å²) in [5, 5.41) is 2.90. The topological polar surface area (TPSA) is 71.5 Å². The number of nitrogens with one attached hydrogen (secondary N) is 1. The maximum absolute atomic E-state index is 12.4. The van der Waals surface area contributed by atoms with Gasteiger partial charge in [-0.1, -0.05) is 0 Å². The first kappa shape index (κ1) is 16.4. The fourth-order valence-electron chi connectivity index (χ4n) is 2.37. The molecule has 1 aliphatic heterocycles. The lowest BCUT2D eigenvalue weighted by atomic mass is 10.2. The fourth-order valence-corrected chi connectivity index (χ4v) is 2.37. The van der Waals surface area contributed by atoms with Crippen molar-refractivity contribution in [2.45, 2.75) is 45.4 Å². The average molecular weight is 305 g/mol. The number of rotatable bonds is 7. The Hall–Kier alpha value is -1.95. The number of hydrogen-bond donors (Lipinski definition) is 1. The summed E-state index contributed by atoms with van der Waals surface area (Å²) < 4.78 is 5.42. The van der Waals surface area contributed by atoms with Crippen LogP contribution in [0.4, 0.5) is 0 Å². The van der Waals surface area contributed by atoms with Gasteiger partial charge < -0.3 is 15.0 Å². The van der Waals surface area contributed by atoms with E-state index in [9.17, 15) is 9.59 Å². The Morgan fingerprint density at radius 2 is 2.18 bits per heavy atom. The zero-order chi connectivity index (χ0) is 15.9. The van der Waals surface area contributed by atoms with Gasteiger partial charge in [0.05, 0.1) is 6.10 Å². The first-order valence-electron chi connectivity index (χ1n) is 7.62. The molecule has 0 aliphatic carbocycles. The molecule has 0 unspecified atom stereocenters. The molecule has 0 spiro atoms. The Kier molecular flexibility index (Phi) is 5.89. The van der Waals surface area contributed by atoms with Crippen molar-refractivity contribution < 1.29 is 14.3 Å². The van der Waals surface area contributed by atoms with Crippen LogP contribution in [0.3, 0.4) is 0 Å². The summed E-state index contributed by atoms with van der Waals surface area (Å²) >= 11 is 0. The maximum atomic E-state index is 12.4. The monoisotopic (exact) mass is 305 g/mol. The van der Waals surface area contributed by atoms with E-state index >= 15 is 0 Å². The maximum Gasteiger partial charge on any atom is 0.248 e. The highest BCUT2D eigenvalue weighted by molar-refractivity contribution is 5.79. The van der Waals surface area contributed by atoms with Crippen LogP contribution in [0.15, 0.2) is 24.5 Å². The number of aromatic nitrogens is 1. The van der Waals surface area contributed by atoms with Gasteiger partial charge in [0.25, 0.3) is 0 Å². The second-order valence-corrected chi connectivity index (χ2v) is 5.79. The van der Waals surface area contributed by atoms with Crippen LogP contribution in [0.5, 0.6) is 0 Å². The Balaban J connectivity index is 1.99. The molecule has 1 aromatic rings. The molecule has 6 heteroatoms. The third-order valence-electron chi connectivity index (χ3n) is 3.54. The first-order valence-corrected chi connectivity index (χ1v) is 7.62. The van der Waals surface area contributed by atoms with E-state index < -0.39 is 0 Å². The molecule has 1 saturated heterocycles. The lowest BCUT2D eigenvalue weighted by Gasteiger charge is -2.26. The smallest absolute Gasteiger partial charge is 0.248 e. The van der Waals surface area contributed by atoms with Crippen molar-refractivity contribution in [1.29, 1.82) is 0 Å². The highest BCUT2D eigenvalue weighted by Gasteiger charge is 2.25. The second kappa shape index (κ2) is 7.89. The van der Waals surface area contributed by atoms with Gasteiger partial charge in [-0.3, -0.25) is 14.6 Å². The molecule has 6 nitrogen and oxygen atoms in total. The van der Waals surface area contributed by atoms with Crippen LogP contribution in [0.25, 0.3) is 0 Å². The lowest BCUT2D eigenvalue weighted by Crippen LogP contribution is -2.43. The zero-order valence-electron chi connectivity index (χ0n) is 13.1. The molecule has 1 aromatic heterocycles. The van der Waals surface area contributed by atoms with Crippen molar-refractivity contribution in [3.63, 3.8) is 0 Å². The Morgan fingerprint density at radius 3 is 2.77 bits per heavy atom. The number of nitrogens with zero attached hydrogens (tertiary/aromatic N) is 2. The van der Waals surface area contributed by atoms with Gasteiger partial charge in [0.1, 0.15) is 6.61 Å². The standard InChI is InChI=1S/C16H23N3O3/c1-12(2)22-11-16(21)19(9-13-5-7-17-8-6-13)10-14-3-4-15(20)18-14/h5-8,12,14H,3-4,9-11H2,1-2H3,(H,18,20)/t14-/m0/s1. The van der Waals surface area contributed by atoms with Crippen LogP contribution in [-0.4, -0.2) is 47.0 Å². The summed E-state index contributed by atoms with van der Waals surface area (Å²) in [6.07, 6.45) is 4.73. The Labute approximate surface area is 130 Å². The first-order chi connectivity index (χ1) is 10.5. The highest BCUT2D eigenvalue weighted by atomic mass is 16.5. The molecule has 2 amide bonds. The van der Waals surface area contributed by atoms with Crippen molar-refractivity contribution in [1.82, 2.24) is 15.2 Å². The molecule has 0 radical (unpaired) electrons. The molecule has 0 aromatic carbocycles. The molecule has 0 bridgehead atoms. The molecular formula is C16H23N3O3. The summed E-state index contributed by atoms with van der Waals surface area (Å²) in [5.74, 6) is -0.00796. The summed E-state index contributed by atoms with van der Waals surface area (Å²) in [6.45, 7) is 4.86. The zero-order valence-corrected chi connectivity index (χ0v) is 13.1. The van der Waals surface area contributed by atoms with Gasteiger partial charge in [-0.2, -0.15) is 0 Å². The van der Waals surface area contributed by atoms with Gasteiger partial charge >= 0.3 is 0 Å². The molecule has 1 N–H and O–H groups in total. The van der Waals surface area contributed by atoms with Crippen LogP contribution in [0.2, 0.25) is 0 Å². The highest BCUT2D eigenvalue weighted by Crippen LogP contribution is 2.11. The predicted molar refractivity (Wildman–Crippen MR) is 81.9 cm³/mol. The van der Waals surface area contributed by atoms with Crippen molar-refractivity contribution in [2.75, 3.05) is 13.2 Å². The minimum absolute atomic E-state index is 0.0120. The predicted octanol–water partition coefficient (Wildman–Crippen LogP) is 1.11. The second-order valence-electron chi connectivity index (χ2n) is 5.79. The summed E-state index contributed by atoms with van der Waals surface area (Å²) in [6, 6.07) is 3.80. The van der Waals surface area contributed by atoms with Crippen molar-refractivity contribution >= 4 is 11.8 Å². The van der Waals surface area contributed by atoms with E-state index in [2.05, 4.69) is 10.3 Å². The van der Waals surface area contributed by atoms with Gasteiger partial charge in [0.15, 0.2) is 0 Å². The van der Waals surface area contributed by atoms with E-state index in [1.807, 2.05) is 26.0 Å². The van der Waals surface area contributed by atoms with Crippen molar-refractivity contribution in [3.8, 4) is 0 Å². The van der Waals surface area contributed by atoms with Gasteiger partial charge in [-0.25, -0.2) is 0 Å². The van der Waals surface area contributed by atoms with E-state index in [-0.39, 0.29) is 30.6 Å². The SMILES string of the molecule is CC(C)OCC(=O)N(Cc1ccncc1)C[C@@H]1CCC(=O)N1.